The second-order valence-corrected chi connectivity index (χ2v) is 16.5. The lowest BCUT2D eigenvalue weighted by Gasteiger charge is -2.28. The fourth-order valence-electron chi connectivity index (χ4n) is 9.82. The van der Waals surface area contributed by atoms with Crippen molar-refractivity contribution in [3.05, 3.63) is 255 Å². The van der Waals surface area contributed by atoms with Gasteiger partial charge in [-0.3, -0.25) is 0 Å². The Morgan fingerprint density at radius 2 is 0.797 bits per heavy atom. The van der Waals surface area contributed by atoms with Crippen LogP contribution in [0.25, 0.3) is 93.5 Å². The van der Waals surface area contributed by atoms with Gasteiger partial charge in [0.25, 0.3) is 0 Å². The smallest absolute Gasteiger partial charge is 0.0541 e. The summed E-state index contributed by atoms with van der Waals surface area (Å²) in [7, 11) is 0. The molecule has 1 heterocycles. The number of aromatic nitrogens is 1. The number of rotatable bonds is 8. The van der Waals surface area contributed by atoms with Gasteiger partial charge in [-0.2, -0.15) is 0 Å². The number of benzene rings is 11. The fourth-order valence-corrected chi connectivity index (χ4v) is 9.82. The van der Waals surface area contributed by atoms with Crippen molar-refractivity contribution in [2.45, 2.75) is 0 Å². The van der Waals surface area contributed by atoms with Crippen molar-refractivity contribution in [1.29, 1.82) is 0 Å². The van der Waals surface area contributed by atoms with Gasteiger partial charge in [0.1, 0.15) is 0 Å². The molecule has 0 N–H and O–H groups in total. The van der Waals surface area contributed by atoms with Crippen LogP contribution < -0.4 is 4.90 Å². The highest BCUT2D eigenvalue weighted by atomic mass is 15.1. The van der Waals surface area contributed by atoms with Crippen LogP contribution in [0.5, 0.6) is 0 Å². The number of hydrogen-bond donors (Lipinski definition) is 0. The van der Waals surface area contributed by atoms with Crippen LogP contribution in [0.3, 0.4) is 0 Å². The average Bonchev–Trinajstić information content (AvgIpc) is 3.71. The van der Waals surface area contributed by atoms with Gasteiger partial charge in [0.05, 0.1) is 22.4 Å². The molecule has 12 aromatic rings. The molecular formula is C62H42N2. The van der Waals surface area contributed by atoms with Crippen LogP contribution in [0.1, 0.15) is 0 Å². The molecule has 0 radical (unpaired) electrons. The third kappa shape index (κ3) is 6.44. The molecule has 0 saturated carbocycles. The maximum Gasteiger partial charge on any atom is 0.0541 e. The molecule has 0 aliphatic rings. The molecule has 2 heteroatoms. The number of nitrogens with zero attached hydrogens (tertiary/aromatic N) is 2. The number of para-hydroxylation sites is 3. The minimum Gasteiger partial charge on any atom is -0.310 e. The summed E-state index contributed by atoms with van der Waals surface area (Å²) in [6, 6.07) is 92.7. The third-order valence-electron chi connectivity index (χ3n) is 12.8. The summed E-state index contributed by atoms with van der Waals surface area (Å²) < 4.78 is 2.43. The van der Waals surface area contributed by atoms with Gasteiger partial charge in [-0.25, -0.2) is 0 Å². The molecule has 1 aromatic heterocycles. The van der Waals surface area contributed by atoms with E-state index in [0.29, 0.717) is 0 Å². The predicted octanol–water partition coefficient (Wildman–Crippen LogP) is 17.2. The summed E-state index contributed by atoms with van der Waals surface area (Å²) in [5.74, 6) is 0. The van der Waals surface area contributed by atoms with Gasteiger partial charge in [0, 0.05) is 33.1 Å². The average molecular weight is 815 g/mol. The number of anilines is 3. The molecule has 0 unspecified atom stereocenters. The molecule has 2 nitrogen and oxygen atoms in total. The highest BCUT2D eigenvalue weighted by Crippen LogP contribution is 2.45. The number of fused-ring (bicyclic) bond motifs is 5. The van der Waals surface area contributed by atoms with Crippen LogP contribution in [-0.2, 0) is 0 Å². The van der Waals surface area contributed by atoms with E-state index in [9.17, 15) is 0 Å². The van der Waals surface area contributed by atoms with Crippen LogP contribution >= 0.6 is 0 Å². The monoisotopic (exact) mass is 814 g/mol. The minimum atomic E-state index is 1.08. The van der Waals surface area contributed by atoms with E-state index in [1.165, 1.54) is 82.3 Å². The number of hydrogen-bond acceptors (Lipinski definition) is 1. The zero-order valence-electron chi connectivity index (χ0n) is 35.1. The van der Waals surface area contributed by atoms with Gasteiger partial charge in [0.2, 0.25) is 0 Å². The second kappa shape index (κ2) is 15.8. The van der Waals surface area contributed by atoms with Crippen LogP contribution in [0.15, 0.2) is 255 Å². The minimum absolute atomic E-state index is 1.08. The Bertz CT molecular complexity index is 3610. The Morgan fingerprint density at radius 1 is 0.266 bits per heavy atom. The van der Waals surface area contributed by atoms with Gasteiger partial charge in [0.15, 0.2) is 0 Å². The third-order valence-corrected chi connectivity index (χ3v) is 12.8. The van der Waals surface area contributed by atoms with E-state index >= 15 is 0 Å². The van der Waals surface area contributed by atoms with Crippen molar-refractivity contribution < 1.29 is 0 Å². The molecule has 0 aliphatic heterocycles. The first-order valence-corrected chi connectivity index (χ1v) is 22.0. The van der Waals surface area contributed by atoms with Gasteiger partial charge >= 0.3 is 0 Å². The first kappa shape index (κ1) is 37.3. The van der Waals surface area contributed by atoms with Crippen LogP contribution in [-0.4, -0.2) is 4.57 Å². The van der Waals surface area contributed by atoms with Crippen molar-refractivity contribution in [1.82, 2.24) is 4.57 Å². The molecule has 0 saturated heterocycles. The standard InChI is InChI=1S/C62H42N2/c1-2-17-46(18-3-1)58-42-50(39-40-54(58)55-27-8-11-31-60(55)64-61-32-12-9-28-56(61)57-29-10-13-33-62(57)64)63(59-34-16-22-45-20-5-7-26-53(45)59)49-37-35-43(36-38-49)47-23-14-24-48(41-47)52-30-15-21-44-19-4-6-25-51(44)52/h1-42H. The molecule has 0 fully saturated rings. The van der Waals surface area contributed by atoms with E-state index in [2.05, 4.69) is 264 Å². The van der Waals surface area contributed by atoms with E-state index in [1.807, 2.05) is 0 Å². The van der Waals surface area contributed by atoms with Gasteiger partial charge in [-0.1, -0.05) is 200 Å². The van der Waals surface area contributed by atoms with Crippen molar-refractivity contribution >= 4 is 60.4 Å². The maximum absolute atomic E-state index is 2.43. The van der Waals surface area contributed by atoms with Crippen LogP contribution in [0, 0.1) is 0 Å². The molecular weight excluding hydrogens is 773 g/mol. The molecule has 64 heavy (non-hydrogen) atoms. The molecule has 11 aromatic carbocycles. The van der Waals surface area contributed by atoms with E-state index < -0.39 is 0 Å². The Kier molecular flexibility index (Phi) is 9.20. The molecule has 0 atom stereocenters. The largest absolute Gasteiger partial charge is 0.310 e. The molecule has 0 spiro atoms. The van der Waals surface area contributed by atoms with E-state index in [1.54, 1.807) is 0 Å². The van der Waals surface area contributed by atoms with Gasteiger partial charge in [-0.15, -0.1) is 0 Å². The first-order chi connectivity index (χ1) is 31.8. The lowest BCUT2D eigenvalue weighted by Crippen LogP contribution is -2.11. The highest BCUT2D eigenvalue weighted by molar-refractivity contribution is 6.10. The van der Waals surface area contributed by atoms with E-state index in [-0.39, 0.29) is 0 Å². The predicted molar refractivity (Wildman–Crippen MR) is 272 cm³/mol. The van der Waals surface area contributed by atoms with Crippen molar-refractivity contribution in [2.24, 2.45) is 0 Å². The second-order valence-electron chi connectivity index (χ2n) is 16.5. The highest BCUT2D eigenvalue weighted by Gasteiger charge is 2.21. The molecule has 0 aliphatic carbocycles. The SMILES string of the molecule is c1ccc(-c2cc(N(c3ccc(-c4cccc(-c5cccc6ccccc56)c4)cc3)c3cccc4ccccc34)ccc2-c2ccccc2-n2c3ccccc3c3ccccc32)cc1. The summed E-state index contributed by atoms with van der Waals surface area (Å²) in [6.45, 7) is 0. The Labute approximate surface area is 373 Å². The maximum atomic E-state index is 2.43. The Morgan fingerprint density at radius 3 is 1.56 bits per heavy atom. The van der Waals surface area contributed by atoms with Gasteiger partial charge < -0.3 is 9.47 Å². The Hall–Kier alpha value is -8.46. The summed E-state index contributed by atoms with van der Waals surface area (Å²) in [4.78, 5) is 2.42. The molecule has 0 amide bonds. The van der Waals surface area contributed by atoms with E-state index in [0.717, 1.165) is 28.3 Å². The summed E-state index contributed by atoms with van der Waals surface area (Å²) >= 11 is 0. The van der Waals surface area contributed by atoms with Crippen molar-refractivity contribution in [3.8, 4) is 50.2 Å². The zero-order chi connectivity index (χ0) is 42.4. The van der Waals surface area contributed by atoms with E-state index in [4.69, 9.17) is 0 Å². The van der Waals surface area contributed by atoms with Crippen molar-refractivity contribution in [3.63, 3.8) is 0 Å². The van der Waals surface area contributed by atoms with Crippen molar-refractivity contribution in [2.75, 3.05) is 4.90 Å². The molecule has 12 rings (SSSR count). The lowest BCUT2D eigenvalue weighted by molar-refractivity contribution is 1.18. The topological polar surface area (TPSA) is 8.17 Å². The van der Waals surface area contributed by atoms with Crippen LogP contribution in [0.4, 0.5) is 17.1 Å². The normalized spacial score (nSPS) is 11.4. The van der Waals surface area contributed by atoms with Gasteiger partial charge in [-0.05, 0) is 110 Å². The Balaban J connectivity index is 1.02. The lowest BCUT2D eigenvalue weighted by atomic mass is 9.92. The molecule has 300 valence electrons. The quantitative estimate of drug-likeness (QED) is 0.148. The fraction of sp³-hybridized carbons (Fsp3) is 0. The van der Waals surface area contributed by atoms with Crippen LogP contribution in [0.2, 0.25) is 0 Å². The first-order valence-electron chi connectivity index (χ1n) is 22.0. The summed E-state index contributed by atoms with van der Waals surface area (Å²) in [6.07, 6.45) is 0. The summed E-state index contributed by atoms with van der Waals surface area (Å²) in [5.41, 5.74) is 16.3. The zero-order valence-corrected chi connectivity index (χ0v) is 35.1. The summed E-state index contributed by atoms with van der Waals surface area (Å²) in [5, 5.41) is 7.41. The molecule has 0 bridgehead atoms.